The van der Waals surface area contributed by atoms with Crippen molar-refractivity contribution in [2.24, 2.45) is 11.8 Å². The molecule has 0 unspecified atom stereocenters. The van der Waals surface area contributed by atoms with Gasteiger partial charge < -0.3 is 19.9 Å². The van der Waals surface area contributed by atoms with E-state index < -0.39 is 17.5 Å². The Bertz CT molecular complexity index is 867. The van der Waals surface area contributed by atoms with E-state index in [4.69, 9.17) is 4.74 Å². The average molecular weight is 418 g/mol. The second kappa shape index (κ2) is 7.77. The number of ether oxygens (including phenoxy) is 1. The SMILES string of the molecule is COc1cc(F)cc(N2CCN(C(=O)[C@H](C)C[C@@]3(C4CC4)NC(=O)NC3=O)CC2)c1. The third kappa shape index (κ3) is 3.80. The molecule has 1 aromatic carbocycles. The lowest BCUT2D eigenvalue weighted by Gasteiger charge is -2.38. The molecule has 2 saturated heterocycles. The van der Waals surface area contributed by atoms with Gasteiger partial charge in [0.1, 0.15) is 17.1 Å². The monoisotopic (exact) mass is 418 g/mol. The molecule has 0 bridgehead atoms. The summed E-state index contributed by atoms with van der Waals surface area (Å²) < 4.78 is 18.9. The molecule has 0 aromatic heterocycles. The minimum absolute atomic E-state index is 0.0274. The molecule has 4 rings (SSSR count). The number of hydrogen-bond donors (Lipinski definition) is 2. The molecule has 4 amide bonds. The Morgan fingerprint density at radius 2 is 1.93 bits per heavy atom. The van der Waals surface area contributed by atoms with Crippen molar-refractivity contribution in [1.29, 1.82) is 0 Å². The molecular formula is C21H27FN4O4. The lowest BCUT2D eigenvalue weighted by atomic mass is 9.83. The van der Waals surface area contributed by atoms with Crippen molar-refractivity contribution in [1.82, 2.24) is 15.5 Å². The van der Waals surface area contributed by atoms with E-state index in [9.17, 15) is 18.8 Å². The minimum Gasteiger partial charge on any atom is -0.497 e. The smallest absolute Gasteiger partial charge is 0.322 e. The molecule has 3 fully saturated rings. The van der Waals surface area contributed by atoms with E-state index in [0.29, 0.717) is 38.3 Å². The first-order valence-electron chi connectivity index (χ1n) is 10.3. The van der Waals surface area contributed by atoms with Crippen LogP contribution in [0.2, 0.25) is 0 Å². The highest BCUT2D eigenvalue weighted by molar-refractivity contribution is 6.07. The predicted molar refractivity (Wildman–Crippen MR) is 108 cm³/mol. The van der Waals surface area contributed by atoms with E-state index in [1.54, 1.807) is 11.0 Å². The number of piperazine rings is 1. The van der Waals surface area contributed by atoms with Gasteiger partial charge in [-0.1, -0.05) is 6.92 Å². The number of imide groups is 1. The first kappa shape index (κ1) is 20.4. The highest BCUT2D eigenvalue weighted by Gasteiger charge is 2.56. The maximum absolute atomic E-state index is 13.8. The van der Waals surface area contributed by atoms with Crippen LogP contribution in [0.15, 0.2) is 18.2 Å². The molecule has 162 valence electrons. The van der Waals surface area contributed by atoms with E-state index in [2.05, 4.69) is 10.6 Å². The summed E-state index contributed by atoms with van der Waals surface area (Å²) in [6, 6.07) is 4.09. The number of nitrogens with one attached hydrogen (secondary N) is 2. The van der Waals surface area contributed by atoms with Crippen LogP contribution in [0.4, 0.5) is 14.9 Å². The summed E-state index contributed by atoms with van der Waals surface area (Å²) in [5.41, 5.74) is -0.239. The van der Waals surface area contributed by atoms with Crippen molar-refractivity contribution in [3.05, 3.63) is 24.0 Å². The van der Waals surface area contributed by atoms with Crippen molar-refractivity contribution in [2.45, 2.75) is 31.7 Å². The molecule has 1 saturated carbocycles. The van der Waals surface area contributed by atoms with Crippen LogP contribution in [-0.2, 0) is 9.59 Å². The number of urea groups is 1. The first-order chi connectivity index (χ1) is 14.3. The molecule has 1 aromatic rings. The van der Waals surface area contributed by atoms with E-state index in [1.165, 1.54) is 19.2 Å². The second-order valence-electron chi connectivity index (χ2n) is 8.42. The third-order valence-corrected chi connectivity index (χ3v) is 6.34. The molecule has 0 radical (unpaired) electrons. The van der Waals surface area contributed by atoms with E-state index in [-0.39, 0.29) is 23.5 Å². The summed E-state index contributed by atoms with van der Waals surface area (Å²) in [5.74, 6) is -0.548. The molecule has 2 atom stereocenters. The summed E-state index contributed by atoms with van der Waals surface area (Å²) in [4.78, 5) is 41.0. The Balaban J connectivity index is 1.38. The van der Waals surface area contributed by atoms with Gasteiger partial charge in [-0.05, 0) is 31.2 Å². The number of rotatable bonds is 6. The zero-order chi connectivity index (χ0) is 21.5. The largest absolute Gasteiger partial charge is 0.497 e. The Morgan fingerprint density at radius 1 is 1.23 bits per heavy atom. The average Bonchev–Trinajstić information content (AvgIpc) is 3.53. The quantitative estimate of drug-likeness (QED) is 0.684. The van der Waals surface area contributed by atoms with Crippen LogP contribution in [0.5, 0.6) is 5.75 Å². The van der Waals surface area contributed by atoms with Crippen molar-refractivity contribution >= 4 is 23.5 Å². The van der Waals surface area contributed by atoms with Gasteiger partial charge in [-0.2, -0.15) is 0 Å². The first-order valence-corrected chi connectivity index (χ1v) is 10.3. The van der Waals surface area contributed by atoms with Crippen molar-refractivity contribution in [3.63, 3.8) is 0 Å². The van der Waals surface area contributed by atoms with Crippen LogP contribution >= 0.6 is 0 Å². The van der Waals surface area contributed by atoms with Gasteiger partial charge >= 0.3 is 6.03 Å². The number of carbonyl (C=O) groups excluding carboxylic acids is 3. The lowest BCUT2D eigenvalue weighted by molar-refractivity contribution is -0.137. The molecule has 9 heteroatoms. The normalized spacial score (nSPS) is 25.0. The molecule has 2 aliphatic heterocycles. The molecule has 2 N–H and O–H groups in total. The summed E-state index contributed by atoms with van der Waals surface area (Å²) in [6.07, 6.45) is 2.06. The van der Waals surface area contributed by atoms with Gasteiger partial charge in [0.25, 0.3) is 5.91 Å². The van der Waals surface area contributed by atoms with Crippen LogP contribution in [0.3, 0.4) is 0 Å². The fourth-order valence-electron chi connectivity index (χ4n) is 4.59. The van der Waals surface area contributed by atoms with Crippen molar-refractivity contribution in [2.75, 3.05) is 38.2 Å². The Morgan fingerprint density at radius 3 is 2.50 bits per heavy atom. The second-order valence-corrected chi connectivity index (χ2v) is 8.42. The zero-order valence-electron chi connectivity index (χ0n) is 17.2. The van der Waals surface area contributed by atoms with Crippen molar-refractivity contribution in [3.8, 4) is 5.75 Å². The maximum atomic E-state index is 13.8. The van der Waals surface area contributed by atoms with Gasteiger partial charge in [-0.15, -0.1) is 0 Å². The standard InChI is InChI=1S/C21H27FN4O4/c1-13(12-21(14-3-4-14)19(28)23-20(29)24-21)18(27)26-7-5-25(6-8-26)16-9-15(22)10-17(11-16)30-2/h9-11,13-14H,3-8,12H2,1-2H3,(H2,23,24,28,29)/t13-,21+/m1/s1. The van der Waals surface area contributed by atoms with Crippen LogP contribution in [0.1, 0.15) is 26.2 Å². The Kier molecular flexibility index (Phi) is 5.29. The zero-order valence-corrected chi connectivity index (χ0v) is 17.2. The maximum Gasteiger partial charge on any atom is 0.322 e. The van der Waals surface area contributed by atoms with Gasteiger partial charge in [0, 0.05) is 49.9 Å². The van der Waals surface area contributed by atoms with Gasteiger partial charge in [-0.3, -0.25) is 14.9 Å². The van der Waals surface area contributed by atoms with Crippen molar-refractivity contribution < 1.29 is 23.5 Å². The Labute approximate surface area is 174 Å². The summed E-state index contributed by atoms with van der Waals surface area (Å²) in [5, 5.41) is 5.12. The van der Waals surface area contributed by atoms with Crippen LogP contribution < -0.4 is 20.3 Å². The summed E-state index contributed by atoms with van der Waals surface area (Å²) in [6.45, 7) is 3.99. The number of carbonyl (C=O) groups is 3. The predicted octanol–water partition coefficient (Wildman–Crippen LogP) is 1.50. The number of hydrogen-bond acceptors (Lipinski definition) is 5. The van der Waals surface area contributed by atoms with Crippen LogP contribution in [0, 0.1) is 17.7 Å². The number of anilines is 1. The topological polar surface area (TPSA) is 91.0 Å². The number of halogens is 1. The molecular weight excluding hydrogens is 391 g/mol. The highest BCUT2D eigenvalue weighted by Crippen LogP contribution is 2.44. The van der Waals surface area contributed by atoms with Gasteiger partial charge in [-0.25, -0.2) is 9.18 Å². The molecule has 3 aliphatic rings. The third-order valence-electron chi connectivity index (χ3n) is 6.34. The number of amides is 4. The summed E-state index contributed by atoms with van der Waals surface area (Å²) >= 11 is 0. The van der Waals surface area contributed by atoms with Gasteiger partial charge in [0.05, 0.1) is 7.11 Å². The number of methoxy groups -OCH3 is 1. The lowest BCUT2D eigenvalue weighted by Crippen LogP contribution is -2.54. The molecule has 2 heterocycles. The van der Waals surface area contributed by atoms with E-state index in [0.717, 1.165) is 18.5 Å². The van der Waals surface area contributed by atoms with Gasteiger partial charge in [0.2, 0.25) is 5.91 Å². The Hall–Kier alpha value is -2.84. The highest BCUT2D eigenvalue weighted by atomic mass is 19.1. The van der Waals surface area contributed by atoms with E-state index >= 15 is 0 Å². The molecule has 8 nitrogen and oxygen atoms in total. The molecule has 30 heavy (non-hydrogen) atoms. The molecule has 0 spiro atoms. The van der Waals surface area contributed by atoms with Gasteiger partial charge in [0.15, 0.2) is 0 Å². The molecule has 1 aliphatic carbocycles. The fourth-order valence-corrected chi connectivity index (χ4v) is 4.59. The fraction of sp³-hybridized carbons (Fsp3) is 0.571. The number of nitrogens with zero attached hydrogens (tertiary/aromatic N) is 2. The summed E-state index contributed by atoms with van der Waals surface area (Å²) in [7, 11) is 1.50. The van der Waals surface area contributed by atoms with Crippen LogP contribution in [-0.4, -0.2) is 61.6 Å². The number of benzene rings is 1. The van der Waals surface area contributed by atoms with E-state index in [1.807, 2.05) is 11.8 Å². The van der Waals surface area contributed by atoms with Crippen LogP contribution in [0.25, 0.3) is 0 Å². The minimum atomic E-state index is -0.966.